The van der Waals surface area contributed by atoms with E-state index in [0.29, 0.717) is 12.1 Å². The number of nitrogens with one attached hydrogen (secondary N) is 2. The van der Waals surface area contributed by atoms with E-state index in [4.69, 9.17) is 4.74 Å². The van der Waals surface area contributed by atoms with Gasteiger partial charge in [-0.3, -0.25) is 4.90 Å². The molecule has 3 heterocycles. The summed E-state index contributed by atoms with van der Waals surface area (Å²) in [6, 6.07) is 0.653. The number of nitrogens with zero attached hydrogens (tertiary/aromatic N) is 3. The van der Waals surface area contributed by atoms with Gasteiger partial charge in [-0.15, -0.1) is 0 Å². The molecule has 2 N–H and O–H groups in total. The summed E-state index contributed by atoms with van der Waals surface area (Å²) in [6.45, 7) is 5.11. The average molecular weight is 413 g/mol. The van der Waals surface area contributed by atoms with Gasteiger partial charge >= 0.3 is 6.09 Å². The van der Waals surface area contributed by atoms with Gasteiger partial charge in [-0.25, -0.2) is 32.3 Å². The van der Waals surface area contributed by atoms with Crippen molar-refractivity contribution in [2.24, 2.45) is 0 Å². The minimum absolute atomic E-state index is 0.0634. The SMILES string of the molecule is CC(C)(C)OC(=O)N1CC(Nc2ncc(F)cc2F)C1Nc1ncc(F)cc1F. The molecule has 1 aliphatic rings. The number of anilines is 2. The lowest BCUT2D eigenvalue weighted by atomic mass is 10.0. The third-order valence-electron chi connectivity index (χ3n) is 3.96. The van der Waals surface area contributed by atoms with E-state index >= 15 is 0 Å². The van der Waals surface area contributed by atoms with Gasteiger partial charge in [-0.2, -0.15) is 0 Å². The van der Waals surface area contributed by atoms with E-state index in [2.05, 4.69) is 20.6 Å². The van der Waals surface area contributed by atoms with E-state index in [9.17, 15) is 22.4 Å². The lowest BCUT2D eigenvalue weighted by Crippen LogP contribution is -2.68. The topological polar surface area (TPSA) is 79.4 Å². The van der Waals surface area contributed by atoms with Crippen molar-refractivity contribution in [3.05, 3.63) is 47.8 Å². The summed E-state index contributed by atoms with van der Waals surface area (Å²) in [6.07, 6.45) is 0.0388. The number of amides is 1. The molecule has 2 aromatic heterocycles. The van der Waals surface area contributed by atoms with E-state index in [1.165, 1.54) is 4.90 Å². The zero-order valence-electron chi connectivity index (χ0n) is 15.8. The highest BCUT2D eigenvalue weighted by atomic mass is 19.1. The Morgan fingerprint density at radius 3 is 2.03 bits per heavy atom. The smallest absolute Gasteiger partial charge is 0.412 e. The van der Waals surface area contributed by atoms with Gasteiger partial charge in [0.1, 0.15) is 23.4 Å². The molecule has 7 nitrogen and oxygen atoms in total. The summed E-state index contributed by atoms with van der Waals surface area (Å²) in [7, 11) is 0. The Morgan fingerprint density at radius 1 is 1.03 bits per heavy atom. The van der Waals surface area contributed by atoms with Gasteiger partial charge in [0.15, 0.2) is 23.3 Å². The molecule has 1 aliphatic heterocycles. The molecule has 1 fully saturated rings. The lowest BCUT2D eigenvalue weighted by molar-refractivity contribution is -0.00444. The van der Waals surface area contributed by atoms with Gasteiger partial charge in [0.25, 0.3) is 0 Å². The molecule has 2 aromatic rings. The summed E-state index contributed by atoms with van der Waals surface area (Å²) in [5.74, 6) is -4.14. The normalized spacial score (nSPS) is 18.8. The number of pyridine rings is 2. The molecule has 0 saturated carbocycles. The Bertz CT molecular complexity index is 922. The number of rotatable bonds is 4. The molecule has 0 aliphatic carbocycles. The zero-order chi connectivity index (χ0) is 21.3. The Hall–Kier alpha value is -3.11. The van der Waals surface area contributed by atoms with Crippen LogP contribution in [0.25, 0.3) is 0 Å². The van der Waals surface area contributed by atoms with Crippen LogP contribution in [0.3, 0.4) is 0 Å². The fourth-order valence-corrected chi connectivity index (χ4v) is 2.67. The molecule has 0 spiro atoms. The predicted molar refractivity (Wildman–Crippen MR) is 96.1 cm³/mol. The first-order valence-corrected chi connectivity index (χ1v) is 8.68. The number of hydrogen-bond acceptors (Lipinski definition) is 6. The number of carbonyl (C=O) groups excluding carboxylic acids is 1. The Labute approximate surface area is 164 Å². The van der Waals surface area contributed by atoms with Crippen LogP contribution in [0.2, 0.25) is 0 Å². The first kappa shape index (κ1) is 20.6. The molecule has 156 valence electrons. The van der Waals surface area contributed by atoms with Gasteiger partial charge in [0.05, 0.1) is 25.0 Å². The average Bonchev–Trinajstić information content (AvgIpc) is 2.57. The van der Waals surface area contributed by atoms with Crippen molar-refractivity contribution >= 4 is 17.7 Å². The molecular formula is C18H19F4N5O2. The van der Waals surface area contributed by atoms with E-state index in [-0.39, 0.29) is 18.2 Å². The minimum Gasteiger partial charge on any atom is -0.444 e. The Kier molecular flexibility index (Phi) is 5.49. The van der Waals surface area contributed by atoms with Crippen molar-refractivity contribution in [1.82, 2.24) is 14.9 Å². The molecule has 2 atom stereocenters. The van der Waals surface area contributed by atoms with Crippen LogP contribution in [0.4, 0.5) is 34.0 Å². The molecule has 1 saturated heterocycles. The van der Waals surface area contributed by atoms with Crippen LogP contribution in [0, 0.1) is 23.3 Å². The summed E-state index contributed by atoms with van der Waals surface area (Å²) in [5.41, 5.74) is -0.774. The highest BCUT2D eigenvalue weighted by Gasteiger charge is 2.45. The number of likely N-dealkylation sites (tertiary alicyclic amines) is 1. The van der Waals surface area contributed by atoms with Crippen LogP contribution >= 0.6 is 0 Å². The van der Waals surface area contributed by atoms with Gasteiger partial charge in [0, 0.05) is 12.1 Å². The number of ether oxygens (including phenoxy) is 1. The van der Waals surface area contributed by atoms with Crippen molar-refractivity contribution in [3.8, 4) is 0 Å². The van der Waals surface area contributed by atoms with Crippen LogP contribution in [-0.4, -0.2) is 45.3 Å². The number of halogens is 4. The molecule has 29 heavy (non-hydrogen) atoms. The standard InChI is InChI=1S/C18H19F4N5O2/c1-18(2,3)29-17(28)27-8-13(25-14-11(21)4-9(19)6-23-14)16(27)26-15-12(22)5-10(20)7-24-15/h4-7,13,16H,8H2,1-3H3,(H,23,25)(H,24,26). The second-order valence-corrected chi connectivity index (χ2v) is 7.44. The van der Waals surface area contributed by atoms with Crippen molar-refractivity contribution in [2.45, 2.75) is 38.6 Å². The number of hydrogen-bond donors (Lipinski definition) is 2. The third-order valence-corrected chi connectivity index (χ3v) is 3.96. The van der Waals surface area contributed by atoms with Crippen LogP contribution in [0.15, 0.2) is 24.5 Å². The summed E-state index contributed by atoms with van der Waals surface area (Å²) in [4.78, 5) is 20.9. The highest BCUT2D eigenvalue weighted by molar-refractivity contribution is 5.71. The number of aromatic nitrogens is 2. The summed E-state index contributed by atoms with van der Waals surface area (Å²) in [5, 5.41) is 5.41. The lowest BCUT2D eigenvalue weighted by Gasteiger charge is -2.48. The van der Waals surface area contributed by atoms with Crippen molar-refractivity contribution in [1.29, 1.82) is 0 Å². The van der Waals surface area contributed by atoms with Gasteiger partial charge in [0.2, 0.25) is 0 Å². The molecule has 11 heteroatoms. The van der Waals surface area contributed by atoms with E-state index in [1.807, 2.05) is 0 Å². The second-order valence-electron chi connectivity index (χ2n) is 7.44. The molecule has 3 rings (SSSR count). The first-order valence-electron chi connectivity index (χ1n) is 8.68. The zero-order valence-corrected chi connectivity index (χ0v) is 15.8. The van der Waals surface area contributed by atoms with E-state index in [0.717, 1.165) is 12.4 Å². The molecular weight excluding hydrogens is 394 g/mol. The highest BCUT2D eigenvalue weighted by Crippen LogP contribution is 2.27. The van der Waals surface area contributed by atoms with Crippen molar-refractivity contribution < 1.29 is 27.1 Å². The third kappa shape index (κ3) is 4.84. The quantitative estimate of drug-likeness (QED) is 0.747. The fraction of sp³-hybridized carbons (Fsp3) is 0.389. The summed E-state index contributed by atoms with van der Waals surface area (Å²) >= 11 is 0. The first-order chi connectivity index (χ1) is 13.5. The van der Waals surface area contributed by atoms with Crippen LogP contribution in [0.1, 0.15) is 20.8 Å². The molecule has 0 bridgehead atoms. The van der Waals surface area contributed by atoms with Gasteiger partial charge < -0.3 is 15.4 Å². The van der Waals surface area contributed by atoms with E-state index < -0.39 is 47.2 Å². The monoisotopic (exact) mass is 413 g/mol. The van der Waals surface area contributed by atoms with Crippen molar-refractivity contribution in [2.75, 3.05) is 17.2 Å². The molecule has 0 aromatic carbocycles. The Balaban J connectivity index is 1.81. The predicted octanol–water partition coefficient (Wildman–Crippen LogP) is 3.50. The maximum Gasteiger partial charge on any atom is 0.412 e. The molecule has 1 amide bonds. The van der Waals surface area contributed by atoms with Gasteiger partial charge in [-0.1, -0.05) is 0 Å². The fourth-order valence-electron chi connectivity index (χ4n) is 2.67. The minimum atomic E-state index is -0.967. The number of carbonyl (C=O) groups is 1. The van der Waals surface area contributed by atoms with Crippen LogP contribution in [-0.2, 0) is 4.74 Å². The van der Waals surface area contributed by atoms with Crippen molar-refractivity contribution in [3.63, 3.8) is 0 Å². The molecule has 2 unspecified atom stereocenters. The Morgan fingerprint density at radius 2 is 1.55 bits per heavy atom. The summed E-state index contributed by atoms with van der Waals surface area (Å²) < 4.78 is 59.4. The maximum atomic E-state index is 14.0. The largest absolute Gasteiger partial charge is 0.444 e. The second kappa shape index (κ2) is 7.72. The van der Waals surface area contributed by atoms with Crippen LogP contribution < -0.4 is 10.6 Å². The maximum absolute atomic E-state index is 14.0. The molecule has 0 radical (unpaired) electrons. The van der Waals surface area contributed by atoms with Gasteiger partial charge in [-0.05, 0) is 20.8 Å². The van der Waals surface area contributed by atoms with Crippen LogP contribution in [0.5, 0.6) is 0 Å². The van der Waals surface area contributed by atoms with E-state index in [1.54, 1.807) is 20.8 Å².